The van der Waals surface area contributed by atoms with Crippen LogP contribution in [0.3, 0.4) is 0 Å². The van der Waals surface area contributed by atoms with Gasteiger partial charge in [-0.05, 0) is 23.2 Å². The van der Waals surface area contributed by atoms with Gasteiger partial charge in [-0.25, -0.2) is 0 Å². The first-order valence-corrected chi connectivity index (χ1v) is 6.21. The molecule has 0 aliphatic heterocycles. The lowest BCUT2D eigenvalue weighted by Gasteiger charge is -2.08. The van der Waals surface area contributed by atoms with Gasteiger partial charge in [0.15, 0.2) is 0 Å². The van der Waals surface area contributed by atoms with Gasteiger partial charge in [0.05, 0.1) is 6.67 Å². The fourth-order valence-corrected chi connectivity index (χ4v) is 1.53. The molecule has 2 aromatic heterocycles. The normalized spacial score (nSPS) is 10.1. The number of rotatable bonds is 6. The summed E-state index contributed by atoms with van der Waals surface area (Å²) in [5.41, 5.74) is 1.27. The maximum absolute atomic E-state index is 12.2. The Bertz CT molecular complexity index is 573. The molecule has 2 aromatic rings. The van der Waals surface area contributed by atoms with Crippen molar-refractivity contribution in [2.24, 2.45) is 0 Å². The molecule has 0 aromatic carbocycles. The summed E-state index contributed by atoms with van der Waals surface area (Å²) >= 11 is 11.3. The average molecular weight is 335 g/mol. The van der Waals surface area contributed by atoms with Crippen LogP contribution < -0.4 is 21.5 Å². The van der Waals surface area contributed by atoms with Gasteiger partial charge in [0.25, 0.3) is 5.95 Å². The molecule has 2 rings (SSSR count). The van der Waals surface area contributed by atoms with E-state index in [1.54, 1.807) is 7.05 Å². The van der Waals surface area contributed by atoms with Crippen LogP contribution in [0.15, 0.2) is 0 Å². The minimum absolute atomic E-state index is 0.0315. The second-order valence-corrected chi connectivity index (χ2v) is 4.05. The lowest BCUT2D eigenvalue weighted by Crippen LogP contribution is -2.17. The molecule has 13 heteroatoms. The first-order valence-electron chi connectivity index (χ1n) is 5.46. The molecule has 0 amide bonds. The summed E-state index contributed by atoms with van der Waals surface area (Å²) in [4.78, 5) is 22.7. The Morgan fingerprint density at radius 2 is 1.29 bits per heavy atom. The summed E-state index contributed by atoms with van der Waals surface area (Å²) in [6.07, 6.45) is 0. The Kier molecular flexibility index (Phi) is 5.00. The van der Waals surface area contributed by atoms with Crippen molar-refractivity contribution in [2.45, 2.75) is 0 Å². The largest absolute Gasteiger partial charge is 0.357 e. The minimum atomic E-state index is -0.307. The molecular weight excluding hydrogens is 326 g/mol. The molecule has 10 nitrogen and oxygen atoms in total. The second kappa shape index (κ2) is 6.95. The monoisotopic (exact) mass is 334 g/mol. The maximum Gasteiger partial charge on any atom is 0.257 e. The van der Waals surface area contributed by atoms with Gasteiger partial charge < -0.3 is 16.0 Å². The lowest BCUT2D eigenvalue weighted by molar-refractivity contribution is 0.604. The molecule has 2 heterocycles. The van der Waals surface area contributed by atoms with Gasteiger partial charge in [0.1, 0.15) is 0 Å². The van der Waals surface area contributed by atoms with Crippen molar-refractivity contribution >= 4 is 47.0 Å². The van der Waals surface area contributed by atoms with Gasteiger partial charge in [-0.15, -0.1) is 4.48 Å². The predicted molar refractivity (Wildman–Crippen MR) is 76.1 cm³/mol. The fraction of sp³-hybridized carbons (Fsp3) is 0.250. The molecule has 21 heavy (non-hydrogen) atoms. The summed E-state index contributed by atoms with van der Waals surface area (Å²) in [6.45, 7) is 0.134. The second-order valence-electron chi connectivity index (χ2n) is 3.38. The molecule has 0 atom stereocenters. The quantitative estimate of drug-likeness (QED) is 0.451. The number of anilines is 4. The van der Waals surface area contributed by atoms with Crippen molar-refractivity contribution in [2.75, 3.05) is 35.2 Å². The Balaban J connectivity index is 1.98. The zero-order valence-electron chi connectivity index (χ0n) is 10.5. The van der Waals surface area contributed by atoms with E-state index in [-0.39, 0.29) is 35.1 Å². The highest BCUT2D eigenvalue weighted by Gasteiger charge is 2.06. The van der Waals surface area contributed by atoms with Crippen molar-refractivity contribution in [3.05, 3.63) is 10.6 Å². The molecule has 0 saturated heterocycles. The van der Waals surface area contributed by atoms with Crippen molar-refractivity contribution in [1.29, 1.82) is 0 Å². The summed E-state index contributed by atoms with van der Waals surface area (Å²) in [7, 11) is 1.64. The Labute approximate surface area is 127 Å². The maximum atomic E-state index is 12.2. The van der Waals surface area contributed by atoms with Crippen LogP contribution in [0.2, 0.25) is 10.6 Å². The van der Waals surface area contributed by atoms with Gasteiger partial charge in [-0.3, -0.25) is 0 Å². The Morgan fingerprint density at radius 3 is 1.81 bits per heavy atom. The van der Waals surface area contributed by atoms with Gasteiger partial charge >= 0.3 is 0 Å². The van der Waals surface area contributed by atoms with E-state index < -0.39 is 0 Å². The zero-order chi connectivity index (χ0) is 15.2. The van der Waals surface area contributed by atoms with E-state index in [1.807, 2.05) is 0 Å². The molecule has 0 aliphatic carbocycles. The summed E-state index contributed by atoms with van der Waals surface area (Å²) in [6, 6.07) is 0. The minimum Gasteiger partial charge on any atom is -0.357 e. The molecule has 0 radical (unpaired) electrons. The zero-order valence-corrected chi connectivity index (χ0v) is 12.0. The van der Waals surface area contributed by atoms with Crippen molar-refractivity contribution in [3.8, 4) is 0 Å². The van der Waals surface area contributed by atoms with Crippen LogP contribution in [0.4, 0.5) is 28.3 Å². The number of aromatic nitrogens is 6. The number of nitrogens with zero attached hydrogens (tertiary/aromatic N) is 6. The van der Waals surface area contributed by atoms with Gasteiger partial charge in [-0.1, -0.05) is 0 Å². The highest BCUT2D eigenvalue weighted by atomic mass is 35.5. The molecule has 112 valence electrons. The van der Waals surface area contributed by atoms with Crippen molar-refractivity contribution in [1.82, 2.24) is 29.9 Å². The van der Waals surface area contributed by atoms with Crippen LogP contribution in [0.25, 0.3) is 0 Å². The molecule has 0 fully saturated rings. The van der Waals surface area contributed by atoms with Gasteiger partial charge in [0, 0.05) is 7.05 Å². The first-order chi connectivity index (χ1) is 10.1. The number of hydrogen-bond acceptors (Lipinski definition) is 10. The molecule has 0 aliphatic rings. The van der Waals surface area contributed by atoms with Crippen LogP contribution in [0.1, 0.15) is 0 Å². The highest BCUT2D eigenvalue weighted by molar-refractivity contribution is 6.28. The molecule has 0 bridgehead atoms. The average Bonchev–Trinajstić information content (AvgIpc) is 2.46. The third-order valence-electron chi connectivity index (χ3n) is 2.02. The predicted octanol–water partition coefficient (Wildman–Crippen LogP) is 1.18. The fourth-order valence-electron chi connectivity index (χ4n) is 1.21. The van der Waals surface area contributed by atoms with Crippen LogP contribution >= 0.6 is 23.2 Å². The topological polar surface area (TPSA) is 125 Å². The van der Waals surface area contributed by atoms with Crippen LogP contribution in [-0.4, -0.2) is 43.6 Å². The number of nitrogens with one attached hydrogen (secondary N) is 4. The smallest absolute Gasteiger partial charge is 0.257 e. The molecule has 0 saturated carbocycles. The van der Waals surface area contributed by atoms with E-state index in [1.165, 1.54) is 5.54 Å². The molecule has 0 unspecified atom stereocenters. The van der Waals surface area contributed by atoms with E-state index in [4.69, 9.17) is 23.2 Å². The van der Waals surface area contributed by atoms with E-state index in [0.717, 1.165) is 0 Å². The van der Waals surface area contributed by atoms with E-state index in [2.05, 4.69) is 45.9 Å². The van der Waals surface area contributed by atoms with Gasteiger partial charge in [-0.2, -0.15) is 35.4 Å². The van der Waals surface area contributed by atoms with E-state index >= 15 is 0 Å². The van der Waals surface area contributed by atoms with Crippen LogP contribution in [0.5, 0.6) is 0 Å². The van der Waals surface area contributed by atoms with Crippen LogP contribution in [0, 0.1) is 0 Å². The summed E-state index contributed by atoms with van der Waals surface area (Å²) in [5.74, 6) is 0.301. The number of hydrogen-bond donors (Lipinski definition) is 4. The third kappa shape index (κ3) is 4.36. The van der Waals surface area contributed by atoms with E-state index in [0.29, 0.717) is 5.95 Å². The molecular formula is C8H9Cl2FN10. The van der Waals surface area contributed by atoms with E-state index in [9.17, 15) is 4.48 Å². The first kappa shape index (κ1) is 15.1. The standard InChI is InChI=1S/C8H9Cl2FN10/c1-12-5-15-3(9)16-6(19-5)13-2-14-7-17-4(10)18-8(20-7)21-11/h2H2,1H3,(H2,12,13,15,16,19)(H2,14,17,18,20,21). The number of halogens is 3. The summed E-state index contributed by atoms with van der Waals surface area (Å²) < 4.78 is 12.2. The van der Waals surface area contributed by atoms with Crippen LogP contribution in [-0.2, 0) is 0 Å². The summed E-state index contributed by atoms with van der Waals surface area (Å²) in [5, 5.41) is 8.15. The van der Waals surface area contributed by atoms with Gasteiger partial charge in [0.2, 0.25) is 28.4 Å². The van der Waals surface area contributed by atoms with Crippen molar-refractivity contribution < 1.29 is 4.48 Å². The lowest BCUT2D eigenvalue weighted by atomic mass is 10.8. The molecule has 4 N–H and O–H groups in total. The molecule has 0 spiro atoms. The SMILES string of the molecule is CNc1nc(Cl)nc(NCNc2nc(Cl)nc(NF)n2)n1. The Morgan fingerprint density at radius 1 is 0.810 bits per heavy atom. The third-order valence-corrected chi connectivity index (χ3v) is 2.36. The Hall–Kier alpha value is -2.27. The van der Waals surface area contributed by atoms with Crippen molar-refractivity contribution in [3.63, 3.8) is 0 Å². The highest BCUT2D eigenvalue weighted by Crippen LogP contribution is 2.10.